The molecule has 294 valence electrons. The highest BCUT2D eigenvalue weighted by molar-refractivity contribution is 7.80. The van der Waals surface area contributed by atoms with Crippen LogP contribution in [0.25, 0.3) is 10.9 Å². The summed E-state index contributed by atoms with van der Waals surface area (Å²) in [5.41, 5.74) is -0.285. The molecule has 5 atom stereocenters. The van der Waals surface area contributed by atoms with E-state index in [0.29, 0.717) is 47.4 Å². The topological polar surface area (TPSA) is 128 Å². The number of para-hydroxylation sites is 1. The molecule has 5 rings (SSSR count). The summed E-state index contributed by atoms with van der Waals surface area (Å²) in [7, 11) is 0. The molecule has 0 saturated heterocycles. The molecular weight excluding hydrogens is 733 g/mol. The maximum absolute atomic E-state index is 14.8. The standard InChI is InChI=1S/C41H48F4N6O3S/c1-5-24(3)34(49-33(52)22-27-10-7-8-13-31(27)42)37(53)51-40(18-14-32-29(23-40)28-11-9-12-30(36(28)48-32)41(43,44)45)39(54)50-35(25(4)6-2)38(55)47-21-17-26-15-19-46-20-16-26/h7-13,15-16,19-20,24-25,34-35,48H,5-6,14,17-18,21-23H2,1-4H3,(H,47,55)(H,49,52)(H,50,54)(H,51,53)/t24?,25?,34-,35-,40+/m0/s1. The largest absolute Gasteiger partial charge is 0.418 e. The van der Waals surface area contributed by atoms with Crippen LogP contribution in [0, 0.1) is 17.7 Å². The van der Waals surface area contributed by atoms with Gasteiger partial charge in [-0.15, -0.1) is 0 Å². The number of carbonyl (C=O) groups excluding carboxylic acids is 3. The summed E-state index contributed by atoms with van der Waals surface area (Å²) in [6.45, 7) is 8.06. The van der Waals surface area contributed by atoms with E-state index < -0.39 is 58.8 Å². The van der Waals surface area contributed by atoms with Gasteiger partial charge in [0.05, 0.1) is 28.5 Å². The van der Waals surface area contributed by atoms with Crippen LogP contribution in [-0.2, 0) is 46.2 Å². The van der Waals surface area contributed by atoms with Gasteiger partial charge in [0.15, 0.2) is 0 Å². The molecule has 0 spiro atoms. The molecule has 1 aliphatic carbocycles. The third-order valence-corrected chi connectivity index (χ3v) is 11.2. The Hall–Kier alpha value is -4.85. The molecule has 2 aromatic heterocycles. The number of aromatic amines is 1. The van der Waals surface area contributed by atoms with Crippen LogP contribution < -0.4 is 21.3 Å². The van der Waals surface area contributed by atoms with Crippen LogP contribution in [0.1, 0.15) is 74.9 Å². The summed E-state index contributed by atoms with van der Waals surface area (Å²) < 4.78 is 56.7. The Morgan fingerprint density at radius 2 is 1.64 bits per heavy atom. The molecule has 0 aliphatic heterocycles. The highest BCUT2D eigenvalue weighted by Gasteiger charge is 2.47. The minimum Gasteiger partial charge on any atom is -0.378 e. The van der Waals surface area contributed by atoms with Crippen molar-refractivity contribution in [3.8, 4) is 0 Å². The first-order valence-electron chi connectivity index (χ1n) is 18.7. The van der Waals surface area contributed by atoms with Crippen LogP contribution in [-0.4, -0.2) is 56.8 Å². The zero-order valence-electron chi connectivity index (χ0n) is 31.4. The maximum atomic E-state index is 14.8. The van der Waals surface area contributed by atoms with Crippen molar-refractivity contribution >= 4 is 45.8 Å². The quantitative estimate of drug-likeness (QED) is 0.0690. The summed E-state index contributed by atoms with van der Waals surface area (Å²) in [4.78, 5) is 49.8. The number of nitrogens with zero attached hydrogens (tertiary/aromatic N) is 1. The van der Waals surface area contributed by atoms with Crippen molar-refractivity contribution in [3.05, 3.63) is 101 Å². The van der Waals surface area contributed by atoms with E-state index in [9.17, 15) is 31.9 Å². The first-order chi connectivity index (χ1) is 26.2. The van der Waals surface area contributed by atoms with E-state index in [1.54, 1.807) is 31.5 Å². The summed E-state index contributed by atoms with van der Waals surface area (Å²) in [6, 6.07) is 11.8. The van der Waals surface area contributed by atoms with Crippen molar-refractivity contribution in [2.75, 3.05) is 6.54 Å². The van der Waals surface area contributed by atoms with Crippen LogP contribution in [0.5, 0.6) is 0 Å². The zero-order valence-corrected chi connectivity index (χ0v) is 32.2. The Balaban J connectivity index is 1.47. The number of hydrogen-bond acceptors (Lipinski definition) is 5. The van der Waals surface area contributed by atoms with E-state index in [0.717, 1.165) is 11.6 Å². The minimum atomic E-state index is -4.62. The first kappa shape index (κ1) is 41.3. The van der Waals surface area contributed by atoms with Crippen LogP contribution in [0.3, 0.4) is 0 Å². The van der Waals surface area contributed by atoms with Gasteiger partial charge >= 0.3 is 6.18 Å². The molecule has 0 radical (unpaired) electrons. The fourth-order valence-electron chi connectivity index (χ4n) is 7.09. The second kappa shape index (κ2) is 17.7. The molecule has 2 heterocycles. The van der Waals surface area contributed by atoms with Crippen molar-refractivity contribution in [2.24, 2.45) is 11.8 Å². The zero-order chi connectivity index (χ0) is 39.9. The number of thiocarbonyl (C=S) groups is 1. The van der Waals surface area contributed by atoms with Gasteiger partial charge in [0.25, 0.3) is 0 Å². The average molecular weight is 781 g/mol. The average Bonchev–Trinajstić information content (AvgIpc) is 3.53. The number of rotatable bonds is 15. The van der Waals surface area contributed by atoms with E-state index in [-0.39, 0.29) is 42.7 Å². The number of pyridine rings is 1. The van der Waals surface area contributed by atoms with Crippen molar-refractivity contribution < 1.29 is 31.9 Å². The number of aromatic nitrogens is 2. The Bertz CT molecular complexity index is 2000. The second-order valence-electron chi connectivity index (χ2n) is 14.5. The van der Waals surface area contributed by atoms with Crippen LogP contribution in [0.15, 0.2) is 67.0 Å². The lowest BCUT2D eigenvalue weighted by Gasteiger charge is -2.40. The number of benzene rings is 2. The molecule has 2 unspecified atom stereocenters. The third kappa shape index (κ3) is 9.70. The van der Waals surface area contributed by atoms with Crippen LogP contribution in [0.2, 0.25) is 0 Å². The van der Waals surface area contributed by atoms with Gasteiger partial charge in [-0.3, -0.25) is 19.4 Å². The Kier molecular flexibility index (Phi) is 13.3. The van der Waals surface area contributed by atoms with Gasteiger partial charge in [-0.25, -0.2) is 4.39 Å². The number of hydrogen-bond donors (Lipinski definition) is 5. The Labute approximate surface area is 323 Å². The highest BCUT2D eigenvalue weighted by Crippen LogP contribution is 2.40. The van der Waals surface area contributed by atoms with Crippen LogP contribution in [0.4, 0.5) is 17.6 Å². The number of aryl methyl sites for hydroxylation is 1. The van der Waals surface area contributed by atoms with Crippen molar-refractivity contribution in [2.45, 2.75) is 96.4 Å². The molecule has 55 heavy (non-hydrogen) atoms. The first-order valence-corrected chi connectivity index (χ1v) is 19.1. The fraction of sp³-hybridized carbons (Fsp3) is 0.439. The van der Waals surface area contributed by atoms with Crippen molar-refractivity contribution in [1.82, 2.24) is 31.2 Å². The smallest absolute Gasteiger partial charge is 0.378 e. The Morgan fingerprint density at radius 3 is 2.31 bits per heavy atom. The fourth-order valence-corrected chi connectivity index (χ4v) is 7.48. The molecule has 5 N–H and O–H groups in total. The van der Waals surface area contributed by atoms with Gasteiger partial charge < -0.3 is 26.3 Å². The Morgan fingerprint density at radius 1 is 0.945 bits per heavy atom. The summed E-state index contributed by atoms with van der Waals surface area (Å²) in [5.74, 6) is -2.82. The third-order valence-electron chi connectivity index (χ3n) is 10.8. The molecule has 1 aliphatic rings. The number of fused-ring (bicyclic) bond motifs is 3. The van der Waals surface area contributed by atoms with E-state index in [1.165, 1.54) is 24.3 Å². The van der Waals surface area contributed by atoms with Gasteiger partial charge in [0.2, 0.25) is 17.7 Å². The summed E-state index contributed by atoms with van der Waals surface area (Å²) in [6.07, 6.45) is 0.383. The van der Waals surface area contributed by atoms with Gasteiger partial charge in [0, 0.05) is 36.4 Å². The minimum absolute atomic E-state index is 0.0532. The van der Waals surface area contributed by atoms with Gasteiger partial charge in [-0.2, -0.15) is 13.2 Å². The monoisotopic (exact) mass is 780 g/mol. The van der Waals surface area contributed by atoms with E-state index in [2.05, 4.69) is 31.2 Å². The molecule has 9 nitrogen and oxygen atoms in total. The van der Waals surface area contributed by atoms with Crippen molar-refractivity contribution in [1.29, 1.82) is 0 Å². The predicted octanol–water partition coefficient (Wildman–Crippen LogP) is 6.53. The molecule has 0 fully saturated rings. The van der Waals surface area contributed by atoms with E-state index in [4.69, 9.17) is 12.2 Å². The molecule has 0 bridgehead atoms. The summed E-state index contributed by atoms with van der Waals surface area (Å²) >= 11 is 5.83. The molecule has 4 aromatic rings. The lowest BCUT2D eigenvalue weighted by Crippen LogP contribution is -2.67. The van der Waals surface area contributed by atoms with Gasteiger partial charge in [0.1, 0.15) is 17.4 Å². The predicted molar refractivity (Wildman–Crippen MR) is 208 cm³/mol. The number of H-pyrrole nitrogens is 1. The lowest BCUT2D eigenvalue weighted by molar-refractivity contribution is -0.137. The highest BCUT2D eigenvalue weighted by atomic mass is 32.1. The summed E-state index contributed by atoms with van der Waals surface area (Å²) in [5, 5.41) is 12.4. The lowest BCUT2D eigenvalue weighted by atomic mass is 9.78. The number of nitrogens with one attached hydrogen (secondary N) is 5. The van der Waals surface area contributed by atoms with Crippen molar-refractivity contribution in [3.63, 3.8) is 0 Å². The molecule has 0 saturated carbocycles. The second-order valence-corrected chi connectivity index (χ2v) is 14.9. The normalized spacial score (nSPS) is 17.7. The van der Waals surface area contributed by atoms with E-state index >= 15 is 0 Å². The number of carbonyl (C=O) groups is 3. The number of halogens is 4. The molecular formula is C41H48F4N6O3S. The molecule has 3 amide bonds. The number of alkyl halides is 3. The van der Waals surface area contributed by atoms with Gasteiger partial charge in [-0.1, -0.05) is 83.1 Å². The van der Waals surface area contributed by atoms with E-state index in [1.807, 2.05) is 32.9 Å². The molecule has 14 heteroatoms. The van der Waals surface area contributed by atoms with Gasteiger partial charge in [-0.05, 0) is 72.1 Å². The number of amides is 3. The molecule has 2 aromatic carbocycles. The van der Waals surface area contributed by atoms with Crippen LogP contribution >= 0.6 is 12.2 Å². The SMILES string of the molecule is CCC(C)[C@H](NC(=O)Cc1ccccc1F)C(=O)N[C@]1(C(=O)N[C@H](C(=S)NCCc2ccncc2)C(C)CC)CCc2[nH]c3c(C(F)(F)F)cccc3c2C1. The maximum Gasteiger partial charge on any atom is 0.418 e.